The first-order chi connectivity index (χ1) is 12.8. The average Bonchev–Trinajstić information content (AvgIpc) is 2.70. The first kappa shape index (κ1) is 18.5. The molecule has 0 bridgehead atoms. The SMILES string of the molecule is CCOc1cc(CNc2ccccn2)ccc1OCCN1CCOCC1. The molecule has 2 heterocycles. The molecule has 1 N–H and O–H groups in total. The van der Waals surface area contributed by atoms with Crippen LogP contribution in [-0.2, 0) is 11.3 Å². The molecule has 1 aromatic heterocycles. The highest BCUT2D eigenvalue weighted by atomic mass is 16.5. The third-order valence-corrected chi connectivity index (χ3v) is 4.22. The number of benzene rings is 1. The molecule has 1 aliphatic rings. The maximum absolute atomic E-state index is 5.97. The second kappa shape index (κ2) is 9.99. The Kier molecular flexibility index (Phi) is 7.10. The highest BCUT2D eigenvalue weighted by molar-refractivity contribution is 5.44. The number of aromatic nitrogens is 1. The molecule has 1 aliphatic heterocycles. The lowest BCUT2D eigenvalue weighted by Crippen LogP contribution is -2.38. The number of nitrogens with one attached hydrogen (secondary N) is 1. The summed E-state index contributed by atoms with van der Waals surface area (Å²) < 4.78 is 17.1. The Hall–Kier alpha value is -2.31. The van der Waals surface area contributed by atoms with Gasteiger partial charge in [0.1, 0.15) is 12.4 Å². The predicted molar refractivity (Wildman–Crippen MR) is 102 cm³/mol. The molecule has 1 fully saturated rings. The van der Waals surface area contributed by atoms with Crippen LogP contribution in [0.15, 0.2) is 42.6 Å². The van der Waals surface area contributed by atoms with Crippen LogP contribution in [0.1, 0.15) is 12.5 Å². The lowest BCUT2D eigenvalue weighted by molar-refractivity contribution is 0.0321. The normalized spacial score (nSPS) is 14.8. The summed E-state index contributed by atoms with van der Waals surface area (Å²) in [7, 11) is 0. The number of hydrogen-bond donors (Lipinski definition) is 1. The van der Waals surface area contributed by atoms with Crippen LogP contribution in [0, 0.1) is 0 Å². The van der Waals surface area contributed by atoms with Crippen LogP contribution in [-0.4, -0.2) is 55.9 Å². The number of rotatable bonds is 9. The zero-order valence-electron chi connectivity index (χ0n) is 15.3. The van der Waals surface area contributed by atoms with E-state index in [1.165, 1.54) is 0 Å². The molecule has 6 nitrogen and oxygen atoms in total. The monoisotopic (exact) mass is 357 g/mol. The fourth-order valence-electron chi connectivity index (χ4n) is 2.82. The Bertz CT molecular complexity index is 661. The van der Waals surface area contributed by atoms with E-state index < -0.39 is 0 Å². The van der Waals surface area contributed by atoms with Crippen molar-refractivity contribution in [2.24, 2.45) is 0 Å². The number of hydrogen-bond acceptors (Lipinski definition) is 6. The zero-order chi connectivity index (χ0) is 18.0. The van der Waals surface area contributed by atoms with E-state index >= 15 is 0 Å². The lowest BCUT2D eigenvalue weighted by Gasteiger charge is -2.26. The van der Waals surface area contributed by atoms with Crippen molar-refractivity contribution in [1.82, 2.24) is 9.88 Å². The molecule has 26 heavy (non-hydrogen) atoms. The van der Waals surface area contributed by atoms with Crippen LogP contribution in [0.3, 0.4) is 0 Å². The quantitative estimate of drug-likeness (QED) is 0.745. The summed E-state index contributed by atoms with van der Waals surface area (Å²) in [6.07, 6.45) is 1.78. The van der Waals surface area contributed by atoms with Gasteiger partial charge in [0.05, 0.1) is 19.8 Å². The van der Waals surface area contributed by atoms with E-state index in [1.54, 1.807) is 6.20 Å². The van der Waals surface area contributed by atoms with Crippen molar-refractivity contribution >= 4 is 5.82 Å². The highest BCUT2D eigenvalue weighted by Gasteiger charge is 2.11. The Balaban J connectivity index is 1.55. The van der Waals surface area contributed by atoms with E-state index in [0.717, 1.165) is 55.7 Å². The fourth-order valence-corrected chi connectivity index (χ4v) is 2.82. The molecule has 0 atom stereocenters. The van der Waals surface area contributed by atoms with Gasteiger partial charge in [-0.05, 0) is 36.8 Å². The summed E-state index contributed by atoms with van der Waals surface area (Å²) in [5.41, 5.74) is 1.12. The minimum Gasteiger partial charge on any atom is -0.490 e. The van der Waals surface area contributed by atoms with Crippen LogP contribution < -0.4 is 14.8 Å². The minimum absolute atomic E-state index is 0.608. The van der Waals surface area contributed by atoms with Crippen LogP contribution in [0.25, 0.3) is 0 Å². The number of anilines is 1. The van der Waals surface area contributed by atoms with Crippen molar-refractivity contribution in [3.63, 3.8) is 0 Å². The van der Waals surface area contributed by atoms with Crippen LogP contribution in [0.4, 0.5) is 5.82 Å². The molecule has 1 aromatic carbocycles. The second-order valence-corrected chi connectivity index (χ2v) is 6.09. The zero-order valence-corrected chi connectivity index (χ0v) is 15.3. The van der Waals surface area contributed by atoms with Crippen molar-refractivity contribution in [3.05, 3.63) is 48.2 Å². The highest BCUT2D eigenvalue weighted by Crippen LogP contribution is 2.28. The van der Waals surface area contributed by atoms with Crippen molar-refractivity contribution in [1.29, 1.82) is 0 Å². The predicted octanol–water partition coefficient (Wildman–Crippen LogP) is 2.80. The first-order valence-corrected chi connectivity index (χ1v) is 9.18. The molecule has 0 radical (unpaired) electrons. The molecule has 0 amide bonds. The van der Waals surface area contributed by atoms with E-state index in [1.807, 2.05) is 37.3 Å². The molecule has 0 aliphatic carbocycles. The third kappa shape index (κ3) is 5.61. The maximum Gasteiger partial charge on any atom is 0.161 e. The molecular formula is C20H27N3O3. The average molecular weight is 357 g/mol. The molecule has 140 valence electrons. The van der Waals surface area contributed by atoms with Gasteiger partial charge in [0, 0.05) is 32.4 Å². The van der Waals surface area contributed by atoms with Gasteiger partial charge in [-0.1, -0.05) is 12.1 Å². The van der Waals surface area contributed by atoms with Gasteiger partial charge in [0.25, 0.3) is 0 Å². The third-order valence-electron chi connectivity index (χ3n) is 4.22. The molecule has 6 heteroatoms. The maximum atomic E-state index is 5.97. The molecular weight excluding hydrogens is 330 g/mol. The summed E-state index contributed by atoms with van der Waals surface area (Å²) in [4.78, 5) is 6.63. The molecule has 0 spiro atoms. The summed E-state index contributed by atoms with van der Waals surface area (Å²) in [6, 6.07) is 11.9. The van der Waals surface area contributed by atoms with Gasteiger partial charge >= 0.3 is 0 Å². The van der Waals surface area contributed by atoms with Crippen molar-refractivity contribution in [2.75, 3.05) is 51.4 Å². The van der Waals surface area contributed by atoms with Crippen LogP contribution >= 0.6 is 0 Å². The van der Waals surface area contributed by atoms with E-state index in [2.05, 4.69) is 21.3 Å². The Morgan fingerprint density at radius 3 is 2.77 bits per heavy atom. The van der Waals surface area contributed by atoms with Gasteiger partial charge in [-0.15, -0.1) is 0 Å². The second-order valence-electron chi connectivity index (χ2n) is 6.09. The van der Waals surface area contributed by atoms with Gasteiger partial charge in [0.2, 0.25) is 0 Å². The van der Waals surface area contributed by atoms with Crippen molar-refractivity contribution in [2.45, 2.75) is 13.5 Å². The fraction of sp³-hybridized carbons (Fsp3) is 0.450. The summed E-state index contributed by atoms with van der Waals surface area (Å²) in [5, 5.41) is 3.31. The number of morpholine rings is 1. The van der Waals surface area contributed by atoms with Crippen LogP contribution in [0.2, 0.25) is 0 Å². The Labute approximate surface area is 155 Å². The van der Waals surface area contributed by atoms with Crippen molar-refractivity contribution < 1.29 is 14.2 Å². The Morgan fingerprint density at radius 2 is 2.00 bits per heavy atom. The smallest absolute Gasteiger partial charge is 0.161 e. The van der Waals surface area contributed by atoms with E-state index in [0.29, 0.717) is 19.8 Å². The van der Waals surface area contributed by atoms with Gasteiger partial charge in [0.15, 0.2) is 11.5 Å². The first-order valence-electron chi connectivity index (χ1n) is 9.18. The van der Waals surface area contributed by atoms with Gasteiger partial charge in [-0.3, -0.25) is 4.90 Å². The summed E-state index contributed by atoms with van der Waals surface area (Å²) >= 11 is 0. The van der Waals surface area contributed by atoms with Crippen molar-refractivity contribution in [3.8, 4) is 11.5 Å². The van der Waals surface area contributed by atoms with Gasteiger partial charge in [-0.25, -0.2) is 4.98 Å². The lowest BCUT2D eigenvalue weighted by atomic mass is 10.2. The Morgan fingerprint density at radius 1 is 1.12 bits per heavy atom. The van der Waals surface area contributed by atoms with Gasteiger partial charge < -0.3 is 19.5 Å². The molecule has 0 unspecified atom stereocenters. The van der Waals surface area contributed by atoms with E-state index in [9.17, 15) is 0 Å². The standard InChI is InChI=1S/C20H27N3O3/c1-2-25-19-15-17(16-22-20-5-3-4-8-21-20)6-7-18(19)26-14-11-23-9-12-24-13-10-23/h3-8,15H,2,9-14,16H2,1H3,(H,21,22). The van der Waals surface area contributed by atoms with Crippen LogP contribution in [0.5, 0.6) is 11.5 Å². The number of pyridine rings is 1. The topological polar surface area (TPSA) is 55.8 Å². The van der Waals surface area contributed by atoms with E-state index in [4.69, 9.17) is 14.2 Å². The van der Waals surface area contributed by atoms with Gasteiger partial charge in [-0.2, -0.15) is 0 Å². The number of ether oxygens (including phenoxy) is 3. The molecule has 2 aromatic rings. The summed E-state index contributed by atoms with van der Waals surface area (Å²) in [5.74, 6) is 2.44. The van der Waals surface area contributed by atoms with E-state index in [-0.39, 0.29) is 0 Å². The summed E-state index contributed by atoms with van der Waals surface area (Å²) in [6.45, 7) is 8.38. The minimum atomic E-state index is 0.608. The largest absolute Gasteiger partial charge is 0.490 e. The molecule has 0 saturated carbocycles. The number of nitrogens with zero attached hydrogens (tertiary/aromatic N) is 2. The molecule has 3 rings (SSSR count). The molecule has 1 saturated heterocycles.